The molecule has 3 unspecified atom stereocenters. The van der Waals surface area contributed by atoms with Crippen LogP contribution in [0.2, 0.25) is 0 Å². The van der Waals surface area contributed by atoms with E-state index in [2.05, 4.69) is 48.6 Å². The number of carbonyl (C=O) groups is 1. The summed E-state index contributed by atoms with van der Waals surface area (Å²) in [5.74, 6) is 0.00944. The molecule has 3 aromatic carbocycles. The number of nitrogens with one attached hydrogen (secondary N) is 1. The van der Waals surface area contributed by atoms with Gasteiger partial charge < -0.3 is 27.4 Å². The van der Waals surface area contributed by atoms with Crippen LogP contribution in [0, 0.1) is 5.92 Å². The van der Waals surface area contributed by atoms with Crippen LogP contribution < -0.4 is 22.5 Å². The number of hydrogen-bond acceptors (Lipinski definition) is 4. The molecule has 0 aliphatic carbocycles. The van der Waals surface area contributed by atoms with Crippen molar-refractivity contribution in [3.63, 3.8) is 0 Å². The maximum Gasteiger partial charge on any atom is 0.240 e. The smallest absolute Gasteiger partial charge is 0.240 e. The largest absolute Gasteiger partial charge is 0.368 e. The SMILES string of the molecule is CC(CN)CCC(NC(=S)N(CCCCN)C(Cc1ccccc1)C(N)=O)c1ccc2ccccc2c1. The Bertz CT molecular complexity index is 1140. The predicted molar refractivity (Wildman–Crippen MR) is 158 cm³/mol. The Morgan fingerprint density at radius 1 is 0.946 bits per heavy atom. The first-order chi connectivity index (χ1) is 17.9. The number of amides is 1. The molecule has 37 heavy (non-hydrogen) atoms. The number of unbranched alkanes of at least 4 members (excludes halogenated alkanes) is 1. The lowest BCUT2D eigenvalue weighted by Gasteiger charge is -2.35. The zero-order valence-corrected chi connectivity index (χ0v) is 22.6. The number of thiocarbonyl (C=S) groups is 1. The molecule has 0 spiro atoms. The average Bonchev–Trinajstić information content (AvgIpc) is 2.92. The Morgan fingerprint density at radius 2 is 1.65 bits per heavy atom. The van der Waals surface area contributed by atoms with Crippen molar-refractivity contribution >= 4 is 34.0 Å². The van der Waals surface area contributed by atoms with Gasteiger partial charge in [-0.2, -0.15) is 0 Å². The van der Waals surface area contributed by atoms with Gasteiger partial charge >= 0.3 is 0 Å². The Morgan fingerprint density at radius 3 is 2.32 bits per heavy atom. The minimum atomic E-state index is -0.555. The molecule has 6 nitrogen and oxygen atoms in total. The molecule has 0 heterocycles. The molecule has 3 rings (SSSR count). The van der Waals surface area contributed by atoms with Crippen LogP contribution in [0.3, 0.4) is 0 Å². The Labute approximate surface area is 226 Å². The van der Waals surface area contributed by atoms with E-state index in [1.54, 1.807) is 0 Å². The number of nitrogens with zero attached hydrogens (tertiary/aromatic N) is 1. The van der Waals surface area contributed by atoms with E-state index in [9.17, 15) is 4.79 Å². The van der Waals surface area contributed by atoms with E-state index in [0.29, 0.717) is 37.1 Å². The lowest BCUT2D eigenvalue weighted by molar-refractivity contribution is -0.122. The Kier molecular flexibility index (Phi) is 11.3. The highest BCUT2D eigenvalue weighted by atomic mass is 32.1. The van der Waals surface area contributed by atoms with Crippen molar-refractivity contribution in [1.29, 1.82) is 0 Å². The van der Waals surface area contributed by atoms with Crippen LogP contribution in [-0.4, -0.2) is 41.6 Å². The van der Waals surface area contributed by atoms with Crippen LogP contribution in [0.15, 0.2) is 72.8 Å². The zero-order chi connectivity index (χ0) is 26.6. The Balaban J connectivity index is 1.88. The zero-order valence-electron chi connectivity index (χ0n) is 21.8. The van der Waals surface area contributed by atoms with Gasteiger partial charge in [-0.05, 0) is 84.9 Å². The van der Waals surface area contributed by atoms with Gasteiger partial charge in [-0.25, -0.2) is 0 Å². The third kappa shape index (κ3) is 8.52. The van der Waals surface area contributed by atoms with Gasteiger partial charge in [0.05, 0.1) is 6.04 Å². The van der Waals surface area contributed by atoms with E-state index in [1.165, 1.54) is 10.8 Å². The van der Waals surface area contributed by atoms with Crippen molar-refractivity contribution in [3.8, 4) is 0 Å². The second-order valence-corrected chi connectivity index (χ2v) is 10.2. The summed E-state index contributed by atoms with van der Waals surface area (Å²) in [6, 6.07) is 24.2. The molecule has 0 saturated carbocycles. The molecule has 0 aliphatic rings. The number of carbonyl (C=O) groups excluding carboxylic acids is 1. The fourth-order valence-electron chi connectivity index (χ4n) is 4.57. The van der Waals surface area contributed by atoms with Gasteiger partial charge in [0.15, 0.2) is 5.11 Å². The molecule has 0 saturated heterocycles. The second kappa shape index (κ2) is 14.7. The third-order valence-corrected chi connectivity index (χ3v) is 7.27. The average molecular weight is 520 g/mol. The second-order valence-electron chi connectivity index (χ2n) is 9.82. The summed E-state index contributed by atoms with van der Waals surface area (Å²) < 4.78 is 0. The van der Waals surface area contributed by atoms with Gasteiger partial charge in [0.2, 0.25) is 5.91 Å². The monoisotopic (exact) mass is 519 g/mol. The first-order valence-corrected chi connectivity index (χ1v) is 13.6. The molecule has 7 heteroatoms. The minimum absolute atomic E-state index is 0.0200. The van der Waals surface area contributed by atoms with Crippen LogP contribution >= 0.6 is 12.2 Å². The number of rotatable bonds is 14. The molecule has 0 bridgehead atoms. The topological polar surface area (TPSA) is 110 Å². The third-order valence-electron chi connectivity index (χ3n) is 6.91. The van der Waals surface area contributed by atoms with Crippen molar-refractivity contribution in [2.45, 2.75) is 51.1 Å². The first kappa shape index (κ1) is 28.6. The molecule has 3 aromatic rings. The van der Waals surface area contributed by atoms with E-state index < -0.39 is 6.04 Å². The standard InChI is InChI=1S/C30H41N5OS/c1-22(21-32)13-16-27(26-15-14-24-11-5-6-12-25(24)20-26)34-30(37)35(18-8-7-17-31)28(29(33)36)19-23-9-3-2-4-10-23/h2-6,9-12,14-15,20,22,27-28H,7-8,13,16-19,21,31-32H2,1H3,(H2,33,36)(H,34,37). The minimum Gasteiger partial charge on any atom is -0.368 e. The van der Waals surface area contributed by atoms with Gasteiger partial charge in [-0.3, -0.25) is 4.79 Å². The highest BCUT2D eigenvalue weighted by Gasteiger charge is 2.28. The summed E-state index contributed by atoms with van der Waals surface area (Å²) in [4.78, 5) is 14.7. The van der Waals surface area contributed by atoms with Crippen molar-refractivity contribution in [2.24, 2.45) is 23.1 Å². The molecule has 7 N–H and O–H groups in total. The summed E-state index contributed by atoms with van der Waals surface area (Å²) in [5.41, 5.74) is 19.8. The van der Waals surface area contributed by atoms with E-state index in [1.807, 2.05) is 41.3 Å². The number of hydrogen-bond donors (Lipinski definition) is 4. The van der Waals surface area contributed by atoms with Gasteiger partial charge in [0, 0.05) is 13.0 Å². The van der Waals surface area contributed by atoms with Crippen molar-refractivity contribution in [1.82, 2.24) is 10.2 Å². The maximum atomic E-state index is 12.7. The number of benzene rings is 3. The number of fused-ring (bicyclic) bond motifs is 1. The van der Waals surface area contributed by atoms with Crippen LogP contribution in [0.4, 0.5) is 0 Å². The summed E-state index contributed by atoms with van der Waals surface area (Å²) in [7, 11) is 0. The van der Waals surface area contributed by atoms with E-state index >= 15 is 0 Å². The van der Waals surface area contributed by atoms with Gasteiger partial charge in [0.1, 0.15) is 6.04 Å². The van der Waals surface area contributed by atoms with Crippen LogP contribution in [0.1, 0.15) is 49.8 Å². The highest BCUT2D eigenvalue weighted by Crippen LogP contribution is 2.26. The highest BCUT2D eigenvalue weighted by molar-refractivity contribution is 7.80. The molecular weight excluding hydrogens is 478 g/mol. The van der Waals surface area contributed by atoms with Gasteiger partial charge in [-0.15, -0.1) is 0 Å². The lowest BCUT2D eigenvalue weighted by atomic mass is 9.95. The van der Waals surface area contributed by atoms with Crippen molar-refractivity contribution in [2.75, 3.05) is 19.6 Å². The normalized spacial score (nSPS) is 13.6. The fourth-order valence-corrected chi connectivity index (χ4v) is 4.94. The molecule has 0 aliphatic heterocycles. The molecule has 198 valence electrons. The number of primary amides is 1. The van der Waals surface area contributed by atoms with Crippen LogP contribution in [0.25, 0.3) is 10.8 Å². The lowest BCUT2D eigenvalue weighted by Crippen LogP contribution is -2.53. The number of nitrogens with two attached hydrogens (primary N) is 3. The predicted octanol–water partition coefficient (Wildman–Crippen LogP) is 4.27. The quantitative estimate of drug-likeness (QED) is 0.187. The molecule has 1 amide bonds. The van der Waals surface area contributed by atoms with Crippen molar-refractivity contribution in [3.05, 3.63) is 83.9 Å². The molecule has 0 radical (unpaired) electrons. The Hall–Kier alpha value is -3.00. The summed E-state index contributed by atoms with van der Waals surface area (Å²) in [6.45, 7) is 4.00. The van der Waals surface area contributed by atoms with Gasteiger partial charge in [-0.1, -0.05) is 73.7 Å². The van der Waals surface area contributed by atoms with E-state index in [0.717, 1.165) is 36.8 Å². The summed E-state index contributed by atoms with van der Waals surface area (Å²) in [6.07, 6.45) is 3.98. The fraction of sp³-hybridized carbons (Fsp3) is 0.400. The van der Waals surface area contributed by atoms with Crippen molar-refractivity contribution < 1.29 is 4.79 Å². The molecule has 0 aromatic heterocycles. The summed E-state index contributed by atoms with van der Waals surface area (Å²) >= 11 is 5.97. The van der Waals surface area contributed by atoms with E-state index in [-0.39, 0.29) is 11.9 Å². The van der Waals surface area contributed by atoms with Crippen LogP contribution in [0.5, 0.6) is 0 Å². The first-order valence-electron chi connectivity index (χ1n) is 13.2. The summed E-state index contributed by atoms with van der Waals surface area (Å²) in [5, 5.41) is 6.52. The molecule has 3 atom stereocenters. The maximum absolute atomic E-state index is 12.7. The van der Waals surface area contributed by atoms with Crippen LogP contribution in [-0.2, 0) is 11.2 Å². The van der Waals surface area contributed by atoms with Gasteiger partial charge in [0.25, 0.3) is 0 Å². The van der Waals surface area contributed by atoms with E-state index in [4.69, 9.17) is 29.4 Å². The molecular formula is C30H41N5OS. The molecule has 0 fully saturated rings.